The second kappa shape index (κ2) is 8.12. The Morgan fingerprint density at radius 1 is 1.21 bits per heavy atom. The van der Waals surface area contributed by atoms with Crippen molar-refractivity contribution < 1.29 is 13.9 Å². The summed E-state index contributed by atoms with van der Waals surface area (Å²) < 4.78 is 10.7. The van der Waals surface area contributed by atoms with E-state index in [1.165, 1.54) is 35.5 Å². The topological polar surface area (TPSA) is 82.3 Å². The van der Waals surface area contributed by atoms with Crippen LogP contribution in [0.4, 0.5) is 0 Å². The number of nitrogens with zero attached hydrogens (tertiary/aromatic N) is 2. The van der Waals surface area contributed by atoms with Crippen LogP contribution in [0.5, 0.6) is 0 Å². The van der Waals surface area contributed by atoms with Crippen molar-refractivity contribution in [2.24, 2.45) is 0 Å². The predicted octanol–water partition coefficient (Wildman–Crippen LogP) is 4.20. The molecule has 0 saturated heterocycles. The van der Waals surface area contributed by atoms with Gasteiger partial charge in [0.1, 0.15) is 28.4 Å². The summed E-state index contributed by atoms with van der Waals surface area (Å²) in [6, 6.07) is 9.02. The third kappa shape index (κ3) is 3.93. The van der Waals surface area contributed by atoms with Crippen molar-refractivity contribution in [3.63, 3.8) is 0 Å². The first-order valence-corrected chi connectivity index (χ1v) is 10.5. The maximum Gasteiger partial charge on any atom is 0.336 e. The second-order valence-corrected chi connectivity index (χ2v) is 7.90. The van der Waals surface area contributed by atoms with E-state index in [1.807, 2.05) is 36.6 Å². The molecule has 0 aliphatic rings. The number of esters is 1. The molecule has 0 N–H and O–H groups in total. The number of ether oxygens (including phenoxy) is 1. The molecule has 0 aliphatic carbocycles. The van der Waals surface area contributed by atoms with Crippen molar-refractivity contribution in [2.45, 2.75) is 25.0 Å². The molecule has 0 spiro atoms. The highest BCUT2D eigenvalue weighted by Crippen LogP contribution is 2.27. The number of fused-ring (bicyclic) bond motifs is 2. The summed E-state index contributed by atoms with van der Waals surface area (Å²) in [5, 5.41) is 4.40. The van der Waals surface area contributed by atoms with E-state index in [9.17, 15) is 9.59 Å². The van der Waals surface area contributed by atoms with Crippen LogP contribution in [0.2, 0.25) is 0 Å². The molecular weight excluding hydrogens is 396 g/mol. The molecule has 0 aliphatic heterocycles. The highest BCUT2D eigenvalue weighted by Gasteiger charge is 2.12. The normalized spacial score (nSPS) is 11.2. The highest BCUT2D eigenvalue weighted by atomic mass is 32.2. The predicted molar refractivity (Wildman–Crippen MR) is 110 cm³/mol. The molecule has 28 heavy (non-hydrogen) atoms. The fraction of sp³-hybridized carbons (Fsp3) is 0.200. The Morgan fingerprint density at radius 2 is 2.11 bits per heavy atom. The summed E-state index contributed by atoms with van der Waals surface area (Å²) in [4.78, 5) is 33.4. The zero-order valence-corrected chi connectivity index (χ0v) is 16.6. The average molecular weight is 412 g/mol. The molecule has 0 fully saturated rings. The number of benzene rings is 1. The minimum absolute atomic E-state index is 0.0185. The number of rotatable bonds is 6. The lowest BCUT2D eigenvalue weighted by atomic mass is 10.1. The molecule has 0 bridgehead atoms. The van der Waals surface area contributed by atoms with Crippen LogP contribution < -0.4 is 5.63 Å². The zero-order chi connectivity index (χ0) is 19.5. The van der Waals surface area contributed by atoms with Gasteiger partial charge in [0, 0.05) is 22.4 Å². The van der Waals surface area contributed by atoms with Crippen LogP contribution in [0.1, 0.15) is 18.1 Å². The highest BCUT2D eigenvalue weighted by molar-refractivity contribution is 8.00. The van der Waals surface area contributed by atoms with Crippen LogP contribution in [0.3, 0.4) is 0 Å². The largest absolute Gasteiger partial charge is 0.460 e. The fourth-order valence-electron chi connectivity index (χ4n) is 2.82. The maximum atomic E-state index is 12.2. The minimum Gasteiger partial charge on any atom is -0.460 e. The van der Waals surface area contributed by atoms with Crippen LogP contribution in [0.15, 0.2) is 56.3 Å². The third-order valence-electron chi connectivity index (χ3n) is 4.24. The van der Waals surface area contributed by atoms with Crippen LogP contribution in [0, 0.1) is 0 Å². The van der Waals surface area contributed by atoms with E-state index < -0.39 is 5.63 Å². The third-order valence-corrected chi connectivity index (χ3v) is 6.04. The van der Waals surface area contributed by atoms with Crippen LogP contribution >= 0.6 is 23.1 Å². The Morgan fingerprint density at radius 3 is 2.96 bits per heavy atom. The van der Waals surface area contributed by atoms with Crippen molar-refractivity contribution in [3.8, 4) is 0 Å². The van der Waals surface area contributed by atoms with Gasteiger partial charge in [-0.25, -0.2) is 14.8 Å². The van der Waals surface area contributed by atoms with E-state index >= 15 is 0 Å². The van der Waals surface area contributed by atoms with E-state index in [1.54, 1.807) is 0 Å². The molecule has 0 atom stereocenters. The van der Waals surface area contributed by atoms with Crippen molar-refractivity contribution in [1.82, 2.24) is 9.97 Å². The number of thiophene rings is 1. The lowest BCUT2D eigenvalue weighted by Crippen LogP contribution is -2.09. The number of hydrogen-bond donors (Lipinski definition) is 0. The minimum atomic E-state index is -0.456. The lowest BCUT2D eigenvalue weighted by molar-refractivity contribution is -0.141. The van der Waals surface area contributed by atoms with Gasteiger partial charge in [0.05, 0.1) is 5.75 Å². The summed E-state index contributed by atoms with van der Waals surface area (Å²) >= 11 is 2.84. The number of carbonyl (C=O) groups excluding carboxylic acids is 1. The smallest absolute Gasteiger partial charge is 0.336 e. The Bertz CT molecular complexity index is 1220. The zero-order valence-electron chi connectivity index (χ0n) is 15.0. The van der Waals surface area contributed by atoms with E-state index in [2.05, 4.69) is 9.97 Å². The first-order valence-electron chi connectivity index (χ1n) is 8.66. The first kappa shape index (κ1) is 18.6. The Hall–Kier alpha value is -2.71. The molecule has 3 heterocycles. The molecule has 142 valence electrons. The summed E-state index contributed by atoms with van der Waals surface area (Å²) in [6.45, 7) is 2.05. The van der Waals surface area contributed by atoms with Gasteiger partial charge >= 0.3 is 11.6 Å². The number of aryl methyl sites for hydroxylation is 1. The molecule has 0 radical (unpaired) electrons. The summed E-state index contributed by atoms with van der Waals surface area (Å²) in [6.07, 6.45) is 2.34. The van der Waals surface area contributed by atoms with Gasteiger partial charge in [-0.2, -0.15) is 0 Å². The summed E-state index contributed by atoms with van der Waals surface area (Å²) in [7, 11) is 0. The van der Waals surface area contributed by atoms with Crippen molar-refractivity contribution >= 4 is 50.3 Å². The summed E-state index contributed by atoms with van der Waals surface area (Å²) in [5.74, 6) is -0.250. The van der Waals surface area contributed by atoms with Crippen LogP contribution in [-0.4, -0.2) is 21.7 Å². The molecule has 3 aromatic heterocycles. The monoisotopic (exact) mass is 412 g/mol. The maximum absolute atomic E-state index is 12.2. The lowest BCUT2D eigenvalue weighted by Gasteiger charge is -2.08. The number of hydrogen-bond acceptors (Lipinski definition) is 8. The molecule has 8 heteroatoms. The van der Waals surface area contributed by atoms with Crippen molar-refractivity contribution in [1.29, 1.82) is 0 Å². The van der Waals surface area contributed by atoms with Gasteiger partial charge < -0.3 is 9.15 Å². The van der Waals surface area contributed by atoms with E-state index in [0.29, 0.717) is 11.1 Å². The van der Waals surface area contributed by atoms with Gasteiger partial charge in [0.15, 0.2) is 0 Å². The molecule has 1 aromatic carbocycles. The fourth-order valence-corrected chi connectivity index (χ4v) is 4.40. The Balaban J connectivity index is 1.45. The molecule has 0 amide bonds. The van der Waals surface area contributed by atoms with Crippen molar-refractivity contribution in [2.75, 3.05) is 5.75 Å². The van der Waals surface area contributed by atoms with E-state index in [4.69, 9.17) is 9.15 Å². The van der Waals surface area contributed by atoms with Crippen molar-refractivity contribution in [3.05, 3.63) is 63.6 Å². The Kier molecular flexibility index (Phi) is 5.40. The molecule has 0 saturated carbocycles. The quantitative estimate of drug-likeness (QED) is 0.203. The number of thioether (sulfide) groups is 1. The van der Waals surface area contributed by atoms with Gasteiger partial charge in [-0.05, 0) is 29.5 Å². The summed E-state index contributed by atoms with van der Waals surface area (Å²) in [5.41, 5.74) is 1.76. The van der Waals surface area contributed by atoms with Gasteiger partial charge in [-0.3, -0.25) is 4.79 Å². The SMILES string of the molecule is CCc1ccc2c(COC(=O)CSc3ncnc4sccc34)cc(=O)oc2c1. The standard InChI is InChI=1S/C20H16N2O4S2/c1-2-12-3-4-14-13(8-17(23)26-16(14)7-12)9-25-18(24)10-28-20-15-5-6-27-19(15)21-11-22-20/h3-8,11H,2,9-10H2,1H3. The molecule has 4 rings (SSSR count). The van der Waals surface area contributed by atoms with Gasteiger partial charge in [0.2, 0.25) is 0 Å². The first-order chi connectivity index (χ1) is 13.6. The molecule has 6 nitrogen and oxygen atoms in total. The van der Waals surface area contributed by atoms with Crippen LogP contribution in [-0.2, 0) is 22.6 Å². The number of aromatic nitrogens is 2. The van der Waals surface area contributed by atoms with E-state index in [-0.39, 0.29) is 18.3 Å². The van der Waals surface area contributed by atoms with Gasteiger partial charge in [-0.1, -0.05) is 30.8 Å². The molecular formula is C20H16N2O4S2. The van der Waals surface area contributed by atoms with Crippen LogP contribution in [0.25, 0.3) is 21.2 Å². The number of carbonyl (C=O) groups is 1. The molecule has 0 unspecified atom stereocenters. The van der Waals surface area contributed by atoms with Gasteiger partial charge in [-0.15, -0.1) is 11.3 Å². The van der Waals surface area contributed by atoms with E-state index in [0.717, 1.165) is 32.6 Å². The second-order valence-electron chi connectivity index (χ2n) is 6.04. The average Bonchev–Trinajstić information content (AvgIpc) is 3.19. The molecule has 4 aromatic rings. The van der Waals surface area contributed by atoms with Gasteiger partial charge in [0.25, 0.3) is 0 Å². The Labute approximate surface area is 168 Å².